The number of nitrogens with one attached hydrogen (secondary N) is 1. The van der Waals surface area contributed by atoms with Gasteiger partial charge in [-0.25, -0.2) is 4.98 Å². The van der Waals surface area contributed by atoms with Crippen LogP contribution in [0, 0.1) is 0 Å². The Balaban J connectivity index is 2.38. The number of hydrogen-bond donors (Lipinski definition) is 2. The molecule has 3 rings (SSSR count). The molecule has 0 aliphatic carbocycles. The van der Waals surface area contributed by atoms with Gasteiger partial charge >= 0.3 is 0 Å². The largest absolute Gasteiger partial charge is 0.368 e. The Bertz CT molecular complexity index is 594. The number of aromatic nitrogens is 5. The van der Waals surface area contributed by atoms with E-state index in [4.69, 9.17) is 5.73 Å². The van der Waals surface area contributed by atoms with Gasteiger partial charge in [0.05, 0.1) is 6.33 Å². The molecule has 3 aromatic rings. The zero-order valence-electron chi connectivity index (χ0n) is 7.75. The lowest BCUT2D eigenvalue weighted by atomic mass is 10.5. The summed E-state index contributed by atoms with van der Waals surface area (Å²) < 4.78 is 1.85. The Kier molecular flexibility index (Phi) is 1.49. The number of rotatable bonds is 1. The average molecular weight is 200 g/mol. The maximum absolute atomic E-state index is 5.61. The van der Waals surface area contributed by atoms with Gasteiger partial charge < -0.3 is 15.3 Å². The van der Waals surface area contributed by atoms with Crippen LogP contribution >= 0.6 is 0 Å². The van der Waals surface area contributed by atoms with Crippen molar-refractivity contribution in [2.24, 2.45) is 0 Å². The van der Waals surface area contributed by atoms with E-state index in [1.54, 1.807) is 6.33 Å². The van der Waals surface area contributed by atoms with Crippen LogP contribution in [0.4, 0.5) is 5.95 Å². The Hall–Kier alpha value is -2.37. The zero-order valence-corrected chi connectivity index (χ0v) is 7.75. The molecule has 0 aliphatic heterocycles. The summed E-state index contributed by atoms with van der Waals surface area (Å²) in [4.78, 5) is 15.3. The molecule has 15 heavy (non-hydrogen) atoms. The van der Waals surface area contributed by atoms with Gasteiger partial charge in [-0.15, -0.1) is 0 Å². The summed E-state index contributed by atoms with van der Waals surface area (Å²) in [5.74, 6) is 0.916. The molecule has 0 saturated heterocycles. The molecule has 3 aromatic heterocycles. The number of aromatic amines is 1. The molecule has 3 N–H and O–H groups in total. The molecule has 0 spiro atoms. The third-order valence-electron chi connectivity index (χ3n) is 2.13. The lowest BCUT2D eigenvalue weighted by Crippen LogP contribution is -2.02. The fourth-order valence-corrected chi connectivity index (χ4v) is 1.49. The molecular formula is C9H8N6. The summed E-state index contributed by atoms with van der Waals surface area (Å²) >= 11 is 0. The van der Waals surface area contributed by atoms with Gasteiger partial charge in [0, 0.05) is 12.4 Å². The van der Waals surface area contributed by atoms with Crippen molar-refractivity contribution in [3.63, 3.8) is 0 Å². The lowest BCUT2D eigenvalue weighted by molar-refractivity contribution is 1.01. The first-order valence-electron chi connectivity index (χ1n) is 4.44. The summed E-state index contributed by atoms with van der Waals surface area (Å²) in [6, 6.07) is 3.83. The molecule has 0 fully saturated rings. The quantitative estimate of drug-likeness (QED) is 0.606. The van der Waals surface area contributed by atoms with Crippen molar-refractivity contribution in [1.82, 2.24) is 24.5 Å². The third kappa shape index (κ3) is 1.15. The highest BCUT2D eigenvalue weighted by atomic mass is 15.1. The van der Waals surface area contributed by atoms with E-state index in [-0.39, 0.29) is 5.95 Å². The van der Waals surface area contributed by atoms with Gasteiger partial charge in [-0.1, -0.05) is 0 Å². The molecule has 0 radical (unpaired) electrons. The lowest BCUT2D eigenvalue weighted by Gasteiger charge is -2.02. The Morgan fingerprint density at radius 3 is 2.80 bits per heavy atom. The standard InChI is InChI=1S/C9H8N6/c10-9-13-7-6(11-5-12-7)8(14-9)15-3-1-2-4-15/h1-5H,(H3,10,11,12,13,14). The number of nitrogens with two attached hydrogens (primary N) is 1. The second kappa shape index (κ2) is 2.81. The Morgan fingerprint density at radius 2 is 2.00 bits per heavy atom. The number of hydrogen-bond acceptors (Lipinski definition) is 4. The predicted octanol–water partition coefficient (Wildman–Crippen LogP) is 0.726. The summed E-state index contributed by atoms with van der Waals surface area (Å²) in [7, 11) is 0. The molecule has 74 valence electrons. The van der Waals surface area contributed by atoms with Gasteiger partial charge in [-0.05, 0) is 12.1 Å². The van der Waals surface area contributed by atoms with Crippen LogP contribution in [0.5, 0.6) is 0 Å². The number of nitrogens with zero attached hydrogens (tertiary/aromatic N) is 4. The summed E-state index contributed by atoms with van der Waals surface area (Å²) in [5.41, 5.74) is 6.96. The number of H-pyrrole nitrogens is 1. The van der Waals surface area contributed by atoms with Crippen molar-refractivity contribution in [1.29, 1.82) is 0 Å². The molecule has 0 bridgehead atoms. The second-order valence-corrected chi connectivity index (χ2v) is 3.10. The first-order valence-corrected chi connectivity index (χ1v) is 4.44. The topological polar surface area (TPSA) is 85.4 Å². The zero-order chi connectivity index (χ0) is 10.3. The van der Waals surface area contributed by atoms with Crippen LogP contribution in [0.3, 0.4) is 0 Å². The van der Waals surface area contributed by atoms with Crippen LogP contribution in [0.15, 0.2) is 30.9 Å². The molecule has 0 amide bonds. The highest BCUT2D eigenvalue weighted by Gasteiger charge is 2.09. The minimum Gasteiger partial charge on any atom is -0.368 e. The van der Waals surface area contributed by atoms with Crippen molar-refractivity contribution in [2.75, 3.05) is 5.73 Å². The Morgan fingerprint density at radius 1 is 1.20 bits per heavy atom. The first kappa shape index (κ1) is 7.98. The fourth-order valence-electron chi connectivity index (χ4n) is 1.49. The van der Waals surface area contributed by atoms with Crippen LogP contribution in [-0.2, 0) is 0 Å². The molecule has 3 heterocycles. The van der Waals surface area contributed by atoms with Crippen LogP contribution in [0.25, 0.3) is 17.0 Å². The van der Waals surface area contributed by atoms with Crippen molar-refractivity contribution < 1.29 is 0 Å². The van der Waals surface area contributed by atoms with Gasteiger partial charge in [-0.3, -0.25) is 0 Å². The first-order chi connectivity index (χ1) is 7.34. The molecule has 0 atom stereocenters. The van der Waals surface area contributed by atoms with Gasteiger partial charge in [-0.2, -0.15) is 9.97 Å². The van der Waals surface area contributed by atoms with Gasteiger partial charge in [0.25, 0.3) is 0 Å². The monoisotopic (exact) mass is 200 g/mol. The molecule has 0 aliphatic rings. The molecule has 0 saturated carbocycles. The molecular weight excluding hydrogens is 192 g/mol. The number of fused-ring (bicyclic) bond motifs is 1. The van der Waals surface area contributed by atoms with Crippen LogP contribution in [0.2, 0.25) is 0 Å². The van der Waals surface area contributed by atoms with E-state index >= 15 is 0 Å². The van der Waals surface area contributed by atoms with E-state index < -0.39 is 0 Å². The summed E-state index contributed by atoms with van der Waals surface area (Å²) in [5, 5.41) is 0. The molecule has 0 unspecified atom stereocenters. The molecule has 0 aromatic carbocycles. The van der Waals surface area contributed by atoms with Gasteiger partial charge in [0.2, 0.25) is 5.95 Å². The van der Waals surface area contributed by atoms with Crippen molar-refractivity contribution in [3.8, 4) is 5.82 Å². The minimum absolute atomic E-state index is 0.232. The van der Waals surface area contributed by atoms with E-state index in [9.17, 15) is 0 Å². The molecule has 6 nitrogen and oxygen atoms in total. The number of imidazole rings is 1. The highest BCUT2D eigenvalue weighted by Crippen LogP contribution is 2.16. The average Bonchev–Trinajstić information content (AvgIpc) is 2.86. The van der Waals surface area contributed by atoms with Crippen LogP contribution in [0.1, 0.15) is 0 Å². The third-order valence-corrected chi connectivity index (χ3v) is 2.13. The van der Waals surface area contributed by atoms with Crippen LogP contribution in [-0.4, -0.2) is 24.5 Å². The minimum atomic E-state index is 0.232. The highest BCUT2D eigenvalue weighted by molar-refractivity contribution is 5.79. The predicted molar refractivity (Wildman–Crippen MR) is 55.4 cm³/mol. The maximum atomic E-state index is 5.61. The van der Waals surface area contributed by atoms with E-state index in [1.165, 1.54) is 0 Å². The van der Waals surface area contributed by atoms with E-state index in [1.807, 2.05) is 29.1 Å². The smallest absolute Gasteiger partial charge is 0.224 e. The van der Waals surface area contributed by atoms with Crippen molar-refractivity contribution in [2.45, 2.75) is 0 Å². The number of anilines is 1. The molecule has 6 heteroatoms. The van der Waals surface area contributed by atoms with Gasteiger partial charge in [0.1, 0.15) is 0 Å². The Labute approximate surface area is 84.8 Å². The maximum Gasteiger partial charge on any atom is 0.224 e. The normalized spacial score (nSPS) is 10.9. The van der Waals surface area contributed by atoms with Crippen LogP contribution < -0.4 is 5.73 Å². The number of nitrogen functional groups attached to an aromatic ring is 1. The summed E-state index contributed by atoms with van der Waals surface area (Å²) in [6.45, 7) is 0. The van der Waals surface area contributed by atoms with E-state index in [2.05, 4.69) is 19.9 Å². The van der Waals surface area contributed by atoms with Crippen molar-refractivity contribution >= 4 is 17.1 Å². The summed E-state index contributed by atoms with van der Waals surface area (Å²) in [6.07, 6.45) is 5.34. The second-order valence-electron chi connectivity index (χ2n) is 3.10. The van der Waals surface area contributed by atoms with E-state index in [0.717, 1.165) is 0 Å². The fraction of sp³-hybridized carbons (Fsp3) is 0. The van der Waals surface area contributed by atoms with Gasteiger partial charge in [0.15, 0.2) is 17.0 Å². The van der Waals surface area contributed by atoms with Crippen molar-refractivity contribution in [3.05, 3.63) is 30.9 Å². The SMILES string of the molecule is Nc1nc(-n2cccc2)c2nc[nH]c2n1. The van der Waals surface area contributed by atoms with E-state index in [0.29, 0.717) is 17.0 Å².